The number of nitrogens with zero attached hydrogens (tertiary/aromatic N) is 2. The van der Waals surface area contributed by atoms with Crippen molar-refractivity contribution in [3.05, 3.63) is 35.4 Å². The number of imide groups is 1. The molecule has 0 radical (unpaired) electrons. The van der Waals surface area contributed by atoms with Gasteiger partial charge in [0.05, 0.1) is 6.42 Å². The Bertz CT molecular complexity index is 715. The Morgan fingerprint density at radius 2 is 1.80 bits per heavy atom. The van der Waals surface area contributed by atoms with Crippen LogP contribution in [0.25, 0.3) is 0 Å². The van der Waals surface area contributed by atoms with Crippen LogP contribution in [0.1, 0.15) is 48.0 Å². The van der Waals surface area contributed by atoms with Crippen molar-refractivity contribution in [3.63, 3.8) is 0 Å². The summed E-state index contributed by atoms with van der Waals surface area (Å²) in [5, 5.41) is 0. The molecule has 25 heavy (non-hydrogen) atoms. The Kier molecular flexibility index (Phi) is 4.32. The van der Waals surface area contributed by atoms with Crippen LogP contribution in [0.4, 0.5) is 0 Å². The molecule has 3 amide bonds. The summed E-state index contributed by atoms with van der Waals surface area (Å²) in [4.78, 5) is 40.7. The summed E-state index contributed by atoms with van der Waals surface area (Å²) in [7, 11) is 0. The van der Waals surface area contributed by atoms with Gasteiger partial charge < -0.3 is 4.90 Å². The number of rotatable bonds is 2. The number of fused-ring (bicyclic) bond motifs is 2. The maximum Gasteiger partial charge on any atom is 0.261 e. The largest absolute Gasteiger partial charge is 0.341 e. The number of hydrogen-bond donors (Lipinski definition) is 0. The van der Waals surface area contributed by atoms with E-state index in [1.165, 1.54) is 25.7 Å². The van der Waals surface area contributed by atoms with Crippen molar-refractivity contribution in [2.75, 3.05) is 19.6 Å². The molecule has 2 fully saturated rings. The van der Waals surface area contributed by atoms with E-state index >= 15 is 0 Å². The molecular formula is C20H24N2O3. The zero-order valence-corrected chi connectivity index (χ0v) is 14.4. The first kappa shape index (κ1) is 16.3. The van der Waals surface area contributed by atoms with E-state index in [2.05, 4.69) is 0 Å². The summed E-state index contributed by atoms with van der Waals surface area (Å²) in [5.41, 5.74) is 1.30. The summed E-state index contributed by atoms with van der Waals surface area (Å²) in [5.74, 6) is 0.644. The third-order valence-electron chi connectivity index (χ3n) is 6.07. The van der Waals surface area contributed by atoms with Crippen molar-refractivity contribution in [3.8, 4) is 0 Å². The van der Waals surface area contributed by atoms with E-state index < -0.39 is 0 Å². The normalized spacial score (nSPS) is 26.2. The predicted octanol–water partition coefficient (Wildman–Crippen LogP) is 2.25. The van der Waals surface area contributed by atoms with Crippen LogP contribution in [0.3, 0.4) is 0 Å². The van der Waals surface area contributed by atoms with Crippen LogP contribution in [0.5, 0.6) is 0 Å². The summed E-state index contributed by atoms with van der Waals surface area (Å²) in [6, 6.07) is 7.15. The number of hydrogen-bond acceptors (Lipinski definition) is 3. The van der Waals surface area contributed by atoms with Gasteiger partial charge in [-0.05, 0) is 36.3 Å². The minimum Gasteiger partial charge on any atom is -0.341 e. The van der Waals surface area contributed by atoms with Crippen LogP contribution >= 0.6 is 0 Å². The van der Waals surface area contributed by atoms with Crippen molar-refractivity contribution in [2.24, 2.45) is 11.8 Å². The SMILES string of the molecule is O=C(CN1C(=O)Cc2ccccc2C1=O)N1CC[C@H]2CCCC[C@H]2C1. The monoisotopic (exact) mass is 340 g/mol. The first-order valence-electron chi connectivity index (χ1n) is 9.34. The molecule has 0 aromatic heterocycles. The van der Waals surface area contributed by atoms with Gasteiger partial charge in [-0.1, -0.05) is 37.5 Å². The Balaban J connectivity index is 1.44. The molecule has 0 spiro atoms. The second-order valence-electron chi connectivity index (χ2n) is 7.55. The minimum absolute atomic E-state index is 0.0925. The van der Waals surface area contributed by atoms with E-state index in [-0.39, 0.29) is 30.7 Å². The Labute approximate surface area is 148 Å². The fourth-order valence-electron chi connectivity index (χ4n) is 4.62. The van der Waals surface area contributed by atoms with Gasteiger partial charge in [-0.25, -0.2) is 0 Å². The average Bonchev–Trinajstić information content (AvgIpc) is 2.64. The minimum atomic E-state index is -0.340. The van der Waals surface area contributed by atoms with Crippen LogP contribution < -0.4 is 0 Å². The second kappa shape index (κ2) is 6.62. The van der Waals surface area contributed by atoms with Gasteiger partial charge >= 0.3 is 0 Å². The molecule has 3 aliphatic rings. The second-order valence-corrected chi connectivity index (χ2v) is 7.55. The maximum absolute atomic E-state index is 12.7. The van der Waals surface area contributed by atoms with Gasteiger partial charge in [0.2, 0.25) is 11.8 Å². The van der Waals surface area contributed by atoms with Crippen LogP contribution in [-0.2, 0) is 16.0 Å². The molecule has 2 heterocycles. The third kappa shape index (κ3) is 3.08. The highest BCUT2D eigenvalue weighted by Gasteiger charge is 2.36. The van der Waals surface area contributed by atoms with E-state index in [4.69, 9.17) is 0 Å². The molecule has 132 valence electrons. The molecule has 1 saturated heterocycles. The lowest BCUT2D eigenvalue weighted by atomic mass is 9.75. The van der Waals surface area contributed by atoms with Gasteiger partial charge in [-0.15, -0.1) is 0 Å². The van der Waals surface area contributed by atoms with Gasteiger partial charge in [-0.3, -0.25) is 19.3 Å². The van der Waals surface area contributed by atoms with Crippen molar-refractivity contribution < 1.29 is 14.4 Å². The number of benzene rings is 1. The molecule has 1 aromatic rings. The molecule has 5 nitrogen and oxygen atoms in total. The Hall–Kier alpha value is -2.17. The lowest BCUT2D eigenvalue weighted by molar-refractivity contribution is -0.140. The number of likely N-dealkylation sites (tertiary alicyclic amines) is 1. The molecule has 2 aliphatic heterocycles. The van der Waals surface area contributed by atoms with Gasteiger partial charge in [0.1, 0.15) is 6.54 Å². The molecule has 1 aromatic carbocycles. The average molecular weight is 340 g/mol. The lowest BCUT2D eigenvalue weighted by Gasteiger charge is -2.41. The van der Waals surface area contributed by atoms with E-state index in [0.717, 1.165) is 35.9 Å². The summed E-state index contributed by atoms with van der Waals surface area (Å²) < 4.78 is 0. The van der Waals surface area contributed by atoms with Crippen molar-refractivity contribution in [2.45, 2.75) is 38.5 Å². The van der Waals surface area contributed by atoms with Crippen LogP contribution in [0.2, 0.25) is 0 Å². The number of amides is 3. The van der Waals surface area contributed by atoms with Gasteiger partial charge in [0.15, 0.2) is 0 Å². The third-order valence-corrected chi connectivity index (χ3v) is 6.07. The molecule has 1 saturated carbocycles. The van der Waals surface area contributed by atoms with Crippen LogP contribution in [-0.4, -0.2) is 47.2 Å². The van der Waals surface area contributed by atoms with Crippen molar-refractivity contribution in [1.29, 1.82) is 0 Å². The molecule has 5 heteroatoms. The highest BCUT2D eigenvalue weighted by atomic mass is 16.2. The maximum atomic E-state index is 12.7. The van der Waals surface area contributed by atoms with Crippen molar-refractivity contribution >= 4 is 17.7 Å². The Morgan fingerprint density at radius 3 is 2.64 bits per heavy atom. The van der Waals surface area contributed by atoms with Gasteiger partial charge in [0, 0.05) is 18.7 Å². The predicted molar refractivity (Wildman–Crippen MR) is 92.8 cm³/mol. The first-order chi connectivity index (χ1) is 12.1. The fourth-order valence-corrected chi connectivity index (χ4v) is 4.62. The Morgan fingerprint density at radius 1 is 1.04 bits per heavy atom. The zero-order chi connectivity index (χ0) is 17.4. The quantitative estimate of drug-likeness (QED) is 0.776. The van der Waals surface area contributed by atoms with E-state index in [1.54, 1.807) is 18.2 Å². The molecule has 4 rings (SSSR count). The number of piperidine rings is 1. The molecule has 0 N–H and O–H groups in total. The smallest absolute Gasteiger partial charge is 0.261 e. The first-order valence-corrected chi connectivity index (χ1v) is 9.34. The number of carbonyl (C=O) groups is 3. The molecule has 0 bridgehead atoms. The van der Waals surface area contributed by atoms with E-state index in [9.17, 15) is 14.4 Å². The van der Waals surface area contributed by atoms with Gasteiger partial charge in [0.25, 0.3) is 5.91 Å². The topological polar surface area (TPSA) is 57.7 Å². The lowest BCUT2D eigenvalue weighted by Crippen LogP contribution is -2.51. The summed E-state index contributed by atoms with van der Waals surface area (Å²) in [6.45, 7) is 1.42. The molecular weight excluding hydrogens is 316 g/mol. The highest BCUT2D eigenvalue weighted by Crippen LogP contribution is 2.36. The zero-order valence-electron chi connectivity index (χ0n) is 14.4. The van der Waals surface area contributed by atoms with E-state index in [0.29, 0.717) is 11.5 Å². The number of carbonyl (C=O) groups excluding carboxylic acids is 3. The summed E-state index contributed by atoms with van der Waals surface area (Å²) >= 11 is 0. The van der Waals surface area contributed by atoms with Gasteiger partial charge in [-0.2, -0.15) is 0 Å². The van der Waals surface area contributed by atoms with Crippen molar-refractivity contribution in [1.82, 2.24) is 9.80 Å². The van der Waals surface area contributed by atoms with E-state index in [1.807, 2.05) is 11.0 Å². The summed E-state index contributed by atoms with van der Waals surface area (Å²) in [6.07, 6.45) is 6.30. The standard InChI is InChI=1S/C20H24N2O3/c23-18-11-15-6-3-4-8-17(15)20(25)22(18)13-19(24)21-10-9-14-5-1-2-7-16(14)12-21/h3-4,6,8,14,16H,1-2,5,7,9-13H2/t14-,16+/m1/s1. The molecule has 0 unspecified atom stereocenters. The van der Waals surface area contributed by atoms with Crippen LogP contribution in [0.15, 0.2) is 24.3 Å². The molecule has 1 aliphatic carbocycles. The fraction of sp³-hybridized carbons (Fsp3) is 0.550. The van der Waals surface area contributed by atoms with Crippen LogP contribution in [0, 0.1) is 11.8 Å². The molecule has 2 atom stereocenters. The highest BCUT2D eigenvalue weighted by molar-refractivity contribution is 6.11.